The van der Waals surface area contributed by atoms with Crippen LogP contribution in [0.1, 0.15) is 52.0 Å². The number of aromatic nitrogens is 1. The molecule has 29 heavy (non-hydrogen) atoms. The van der Waals surface area contributed by atoms with E-state index in [1.54, 1.807) is 18.2 Å². The summed E-state index contributed by atoms with van der Waals surface area (Å²) in [6.07, 6.45) is 3.74. The molecule has 0 spiro atoms. The number of carbonyl (C=O) groups excluding carboxylic acids is 2. The molecule has 152 valence electrons. The zero-order valence-corrected chi connectivity index (χ0v) is 15.8. The first-order valence-electron chi connectivity index (χ1n) is 9.63. The number of nitrogens with two attached hydrogens (primary N) is 2. The Morgan fingerprint density at radius 3 is 2.79 bits per heavy atom. The molecule has 9 heteroatoms. The molecule has 1 aliphatic heterocycles. The van der Waals surface area contributed by atoms with Crippen molar-refractivity contribution in [1.29, 1.82) is 0 Å². The van der Waals surface area contributed by atoms with E-state index in [4.69, 9.17) is 11.5 Å². The molecule has 2 aliphatic rings. The average Bonchev–Trinajstić information content (AvgIpc) is 3.08. The summed E-state index contributed by atoms with van der Waals surface area (Å²) in [5.74, 6) is -1.50. The van der Waals surface area contributed by atoms with Gasteiger partial charge in [0.2, 0.25) is 0 Å². The van der Waals surface area contributed by atoms with Crippen molar-refractivity contribution in [2.45, 2.75) is 44.3 Å². The number of fused-ring (bicyclic) bond motifs is 1. The van der Waals surface area contributed by atoms with Crippen molar-refractivity contribution in [1.82, 2.24) is 10.3 Å². The van der Waals surface area contributed by atoms with Gasteiger partial charge < -0.3 is 27.4 Å². The number of rotatable bonds is 5. The number of carbonyl (C=O) groups is 2. The summed E-state index contributed by atoms with van der Waals surface area (Å²) >= 11 is 0. The molecule has 1 aliphatic carbocycles. The second-order valence-corrected chi connectivity index (χ2v) is 7.42. The summed E-state index contributed by atoms with van der Waals surface area (Å²) < 4.78 is 14.6. The minimum Gasteiger partial charge on any atom is -0.365 e. The highest BCUT2D eigenvalue weighted by Gasteiger charge is 2.26. The van der Waals surface area contributed by atoms with Gasteiger partial charge in [-0.15, -0.1) is 0 Å². The van der Waals surface area contributed by atoms with Gasteiger partial charge in [0.05, 0.1) is 5.56 Å². The van der Waals surface area contributed by atoms with E-state index in [-0.39, 0.29) is 35.2 Å². The molecule has 1 aromatic heterocycles. The fourth-order valence-electron chi connectivity index (χ4n) is 3.89. The standard InChI is InChI=1S/C20H23FN6O2/c21-13-8-11(17(23)28)18(27-19(13)26-16-6-2-1-5-14(16)22)25-15-7-3-4-10-12(15)9-24-20(10)29/h3-4,7-8,14,16H,1-2,5-6,9,22H2,(H2,23,28)(H,24,29)(H2,25,26,27). The number of hydrogen-bond donors (Lipinski definition) is 5. The normalized spacial score (nSPS) is 20.7. The first-order chi connectivity index (χ1) is 13.9. The lowest BCUT2D eigenvalue weighted by molar-refractivity contribution is 0.0964. The van der Waals surface area contributed by atoms with Crippen LogP contribution < -0.4 is 27.4 Å². The summed E-state index contributed by atoms with van der Waals surface area (Å²) in [5.41, 5.74) is 13.4. The molecule has 1 aromatic carbocycles. The number of pyridine rings is 1. The number of nitrogens with zero attached hydrogens (tertiary/aromatic N) is 1. The van der Waals surface area contributed by atoms with E-state index in [1.807, 2.05) is 0 Å². The Morgan fingerprint density at radius 2 is 2.03 bits per heavy atom. The van der Waals surface area contributed by atoms with Crippen molar-refractivity contribution in [2.75, 3.05) is 10.6 Å². The molecule has 1 fully saturated rings. The van der Waals surface area contributed by atoms with Crippen LogP contribution in [0.25, 0.3) is 0 Å². The maximum Gasteiger partial charge on any atom is 0.252 e. The summed E-state index contributed by atoms with van der Waals surface area (Å²) in [6.45, 7) is 0.354. The van der Waals surface area contributed by atoms with Crippen LogP contribution in [0, 0.1) is 5.82 Å². The number of halogens is 1. The number of nitrogens with one attached hydrogen (secondary N) is 3. The van der Waals surface area contributed by atoms with Crippen LogP contribution in [0.2, 0.25) is 0 Å². The quantitative estimate of drug-likeness (QED) is 0.523. The zero-order chi connectivity index (χ0) is 20.5. The molecule has 0 saturated heterocycles. The molecule has 2 unspecified atom stereocenters. The second-order valence-electron chi connectivity index (χ2n) is 7.42. The number of amides is 2. The van der Waals surface area contributed by atoms with E-state index in [1.165, 1.54) is 0 Å². The van der Waals surface area contributed by atoms with Gasteiger partial charge in [0.25, 0.3) is 11.8 Å². The predicted octanol–water partition coefficient (Wildman–Crippen LogP) is 1.99. The van der Waals surface area contributed by atoms with E-state index in [2.05, 4.69) is 20.9 Å². The molecule has 2 heterocycles. The second kappa shape index (κ2) is 7.67. The van der Waals surface area contributed by atoms with Gasteiger partial charge in [0.15, 0.2) is 11.6 Å². The minimum absolute atomic E-state index is 0.0154. The fourth-order valence-corrected chi connectivity index (χ4v) is 3.89. The van der Waals surface area contributed by atoms with Gasteiger partial charge in [-0.1, -0.05) is 18.9 Å². The van der Waals surface area contributed by atoms with E-state index in [0.717, 1.165) is 37.3 Å². The fraction of sp³-hybridized carbons (Fsp3) is 0.350. The van der Waals surface area contributed by atoms with Crippen LogP contribution in [0.3, 0.4) is 0 Å². The Labute approximate surface area is 167 Å². The van der Waals surface area contributed by atoms with E-state index >= 15 is 0 Å². The largest absolute Gasteiger partial charge is 0.365 e. The lowest BCUT2D eigenvalue weighted by atomic mass is 9.91. The molecule has 1 saturated carbocycles. The Balaban J connectivity index is 1.69. The Bertz CT molecular complexity index is 980. The summed E-state index contributed by atoms with van der Waals surface area (Å²) in [4.78, 5) is 28.1. The maximum absolute atomic E-state index is 14.6. The van der Waals surface area contributed by atoms with Gasteiger partial charge in [-0.05, 0) is 31.0 Å². The first-order valence-corrected chi connectivity index (χ1v) is 9.63. The molecule has 0 bridgehead atoms. The van der Waals surface area contributed by atoms with Crippen LogP contribution >= 0.6 is 0 Å². The van der Waals surface area contributed by atoms with Crippen molar-refractivity contribution in [2.24, 2.45) is 11.5 Å². The smallest absolute Gasteiger partial charge is 0.252 e. The Kier molecular flexibility index (Phi) is 5.06. The number of anilines is 3. The molecule has 8 nitrogen and oxygen atoms in total. The molecule has 2 amide bonds. The SMILES string of the molecule is NC(=O)c1cc(F)c(NC2CCCCC2N)nc1Nc1cccc2c1CNC2=O. The van der Waals surface area contributed by atoms with Crippen LogP contribution in [0.4, 0.5) is 21.7 Å². The first kappa shape index (κ1) is 19.1. The molecule has 2 aromatic rings. The van der Waals surface area contributed by atoms with Crippen molar-refractivity contribution < 1.29 is 14.0 Å². The third kappa shape index (κ3) is 3.73. The van der Waals surface area contributed by atoms with Gasteiger partial charge >= 0.3 is 0 Å². The summed E-state index contributed by atoms with van der Waals surface area (Å²) in [6, 6.07) is 6.08. The van der Waals surface area contributed by atoms with Crippen LogP contribution in [-0.2, 0) is 6.54 Å². The average molecular weight is 398 g/mol. The molecular formula is C20H23FN6O2. The predicted molar refractivity (Wildman–Crippen MR) is 107 cm³/mol. The van der Waals surface area contributed by atoms with Gasteiger partial charge in [-0.3, -0.25) is 9.59 Å². The van der Waals surface area contributed by atoms with Gasteiger partial charge in [0, 0.05) is 35.4 Å². The third-order valence-electron chi connectivity index (χ3n) is 5.48. The number of primary amides is 1. The maximum atomic E-state index is 14.6. The molecular weight excluding hydrogens is 375 g/mol. The van der Waals surface area contributed by atoms with Crippen molar-refractivity contribution in [3.05, 3.63) is 46.8 Å². The van der Waals surface area contributed by atoms with Gasteiger partial charge in [-0.25, -0.2) is 9.37 Å². The zero-order valence-electron chi connectivity index (χ0n) is 15.8. The topological polar surface area (TPSA) is 135 Å². The summed E-state index contributed by atoms with van der Waals surface area (Å²) in [5, 5.41) is 8.88. The lowest BCUT2D eigenvalue weighted by Crippen LogP contribution is -2.43. The lowest BCUT2D eigenvalue weighted by Gasteiger charge is -2.30. The van der Waals surface area contributed by atoms with Gasteiger partial charge in [0.1, 0.15) is 5.82 Å². The van der Waals surface area contributed by atoms with Crippen molar-refractivity contribution >= 4 is 29.1 Å². The van der Waals surface area contributed by atoms with Crippen molar-refractivity contribution in [3.63, 3.8) is 0 Å². The van der Waals surface area contributed by atoms with E-state index < -0.39 is 11.7 Å². The van der Waals surface area contributed by atoms with E-state index in [0.29, 0.717) is 17.8 Å². The van der Waals surface area contributed by atoms with Crippen LogP contribution in [0.15, 0.2) is 24.3 Å². The highest BCUT2D eigenvalue weighted by Crippen LogP contribution is 2.30. The number of benzene rings is 1. The van der Waals surface area contributed by atoms with Crippen molar-refractivity contribution in [3.8, 4) is 0 Å². The van der Waals surface area contributed by atoms with Gasteiger partial charge in [-0.2, -0.15) is 0 Å². The summed E-state index contributed by atoms with van der Waals surface area (Å²) in [7, 11) is 0. The molecule has 7 N–H and O–H groups in total. The Hall–Kier alpha value is -3.20. The number of hydrogen-bond acceptors (Lipinski definition) is 6. The Morgan fingerprint density at radius 1 is 1.24 bits per heavy atom. The minimum atomic E-state index is -0.804. The molecule has 4 rings (SSSR count). The third-order valence-corrected chi connectivity index (χ3v) is 5.48. The highest BCUT2D eigenvalue weighted by atomic mass is 19.1. The highest BCUT2D eigenvalue weighted by molar-refractivity contribution is 6.01. The van der Waals surface area contributed by atoms with Crippen LogP contribution in [-0.4, -0.2) is 28.9 Å². The van der Waals surface area contributed by atoms with E-state index in [9.17, 15) is 14.0 Å². The van der Waals surface area contributed by atoms with Crippen LogP contribution in [0.5, 0.6) is 0 Å². The molecule has 0 radical (unpaired) electrons. The molecule has 2 atom stereocenters. The monoisotopic (exact) mass is 398 g/mol.